The number of hydrogen-bond acceptors (Lipinski definition) is 2. The molecule has 0 aromatic heterocycles. The van der Waals surface area contributed by atoms with Crippen LogP contribution >= 0.6 is 0 Å². The number of rotatable bonds is 5. The van der Waals surface area contributed by atoms with Crippen LogP contribution in [0.3, 0.4) is 0 Å². The van der Waals surface area contributed by atoms with E-state index in [0.717, 1.165) is 18.1 Å². The molecule has 0 aromatic rings. The molecule has 0 saturated heterocycles. The van der Waals surface area contributed by atoms with Crippen molar-refractivity contribution in [1.82, 2.24) is 5.32 Å². The first-order chi connectivity index (χ1) is 5.88. The third-order valence-electron chi connectivity index (χ3n) is 2.40. The van der Waals surface area contributed by atoms with Gasteiger partial charge in [0.2, 0.25) is 0 Å². The fourth-order valence-electron chi connectivity index (χ4n) is 0.840. The van der Waals surface area contributed by atoms with E-state index in [4.69, 9.17) is 0 Å². The predicted octanol–water partition coefficient (Wildman–Crippen LogP) is 1.78. The molecule has 0 rings (SSSR count). The van der Waals surface area contributed by atoms with Crippen LogP contribution in [0, 0.1) is 5.41 Å². The third-order valence-corrected chi connectivity index (χ3v) is 3.70. The van der Waals surface area contributed by atoms with Crippen LogP contribution in [0.25, 0.3) is 0 Å². The zero-order chi connectivity index (χ0) is 10.5. The lowest BCUT2D eigenvalue weighted by Gasteiger charge is -2.28. The Morgan fingerprint density at radius 3 is 2.31 bits per heavy atom. The highest BCUT2D eigenvalue weighted by Crippen LogP contribution is 2.17. The molecule has 80 valence electrons. The molecule has 13 heavy (non-hydrogen) atoms. The smallest absolute Gasteiger partial charge is 0.0360 e. The van der Waals surface area contributed by atoms with Crippen molar-refractivity contribution in [3.8, 4) is 0 Å². The molecular formula is C10H23NOS. The van der Waals surface area contributed by atoms with Crippen LogP contribution < -0.4 is 5.32 Å². The zero-order valence-corrected chi connectivity index (χ0v) is 10.3. The minimum Gasteiger partial charge on any atom is -0.313 e. The summed E-state index contributed by atoms with van der Waals surface area (Å²) < 4.78 is 11.1. The predicted molar refractivity (Wildman–Crippen MR) is 60.5 cm³/mol. The van der Waals surface area contributed by atoms with Crippen molar-refractivity contribution >= 4 is 10.8 Å². The van der Waals surface area contributed by atoms with E-state index in [1.165, 1.54) is 0 Å². The first-order valence-electron chi connectivity index (χ1n) is 4.96. The molecule has 2 nitrogen and oxygen atoms in total. The minimum absolute atomic E-state index is 0.285. The Bertz CT molecular complexity index is 163. The molecule has 0 saturated carbocycles. The molecule has 0 aliphatic heterocycles. The average Bonchev–Trinajstić information content (AvgIpc) is 2.02. The van der Waals surface area contributed by atoms with Gasteiger partial charge in [-0.3, -0.25) is 4.21 Å². The second-order valence-corrected chi connectivity index (χ2v) is 6.34. The van der Waals surface area contributed by atoms with Gasteiger partial charge in [-0.15, -0.1) is 0 Å². The summed E-state index contributed by atoms with van der Waals surface area (Å²) in [5.74, 6) is 1.54. The van der Waals surface area contributed by atoms with Gasteiger partial charge < -0.3 is 5.32 Å². The maximum absolute atomic E-state index is 11.1. The lowest BCUT2D eigenvalue weighted by atomic mass is 9.88. The number of hydrogen-bond donors (Lipinski definition) is 1. The van der Waals surface area contributed by atoms with Crippen molar-refractivity contribution in [3.63, 3.8) is 0 Å². The SMILES string of the molecule is CCS(=O)CCNC(C)C(C)(C)C. The molecule has 0 aliphatic rings. The summed E-state index contributed by atoms with van der Waals surface area (Å²) >= 11 is 0. The van der Waals surface area contributed by atoms with Gasteiger partial charge in [-0.1, -0.05) is 27.7 Å². The van der Waals surface area contributed by atoms with Crippen molar-refractivity contribution in [3.05, 3.63) is 0 Å². The van der Waals surface area contributed by atoms with Crippen LogP contribution in [0.5, 0.6) is 0 Å². The van der Waals surface area contributed by atoms with Crippen LogP contribution in [0.4, 0.5) is 0 Å². The Balaban J connectivity index is 3.60. The maximum atomic E-state index is 11.1. The van der Waals surface area contributed by atoms with Gasteiger partial charge in [-0.2, -0.15) is 0 Å². The van der Waals surface area contributed by atoms with E-state index in [1.807, 2.05) is 6.92 Å². The molecular weight excluding hydrogens is 182 g/mol. The van der Waals surface area contributed by atoms with Gasteiger partial charge in [0.05, 0.1) is 0 Å². The Morgan fingerprint density at radius 1 is 1.38 bits per heavy atom. The fraction of sp³-hybridized carbons (Fsp3) is 1.00. The third kappa shape index (κ3) is 6.22. The van der Waals surface area contributed by atoms with Gasteiger partial charge in [0.1, 0.15) is 0 Å². The van der Waals surface area contributed by atoms with E-state index in [-0.39, 0.29) is 5.41 Å². The molecule has 0 aromatic carbocycles. The van der Waals surface area contributed by atoms with Gasteiger partial charge in [0, 0.05) is 34.9 Å². The van der Waals surface area contributed by atoms with Crippen LogP contribution in [-0.2, 0) is 10.8 Å². The topological polar surface area (TPSA) is 29.1 Å². The van der Waals surface area contributed by atoms with Crippen LogP contribution in [-0.4, -0.2) is 28.3 Å². The zero-order valence-electron chi connectivity index (χ0n) is 9.52. The molecule has 0 bridgehead atoms. The second kappa shape index (κ2) is 5.76. The van der Waals surface area contributed by atoms with E-state index in [2.05, 4.69) is 33.0 Å². The molecule has 2 unspecified atom stereocenters. The maximum Gasteiger partial charge on any atom is 0.0360 e. The van der Waals surface area contributed by atoms with E-state index in [0.29, 0.717) is 6.04 Å². The first kappa shape index (κ1) is 13.1. The Hall–Kier alpha value is 0.110. The largest absolute Gasteiger partial charge is 0.313 e. The molecule has 0 spiro atoms. The summed E-state index contributed by atoms with van der Waals surface area (Å²) in [6.07, 6.45) is 0. The quantitative estimate of drug-likeness (QED) is 0.741. The lowest BCUT2D eigenvalue weighted by Crippen LogP contribution is -2.39. The fourth-order valence-corrected chi connectivity index (χ4v) is 1.47. The summed E-state index contributed by atoms with van der Waals surface area (Å²) in [7, 11) is -0.633. The molecule has 3 heteroatoms. The Kier molecular flexibility index (Phi) is 5.81. The van der Waals surface area contributed by atoms with Crippen LogP contribution in [0.2, 0.25) is 0 Å². The van der Waals surface area contributed by atoms with Gasteiger partial charge >= 0.3 is 0 Å². The Labute approximate surface area is 84.9 Å². The summed E-state index contributed by atoms with van der Waals surface area (Å²) in [5, 5.41) is 3.39. The van der Waals surface area contributed by atoms with Crippen molar-refractivity contribution in [2.24, 2.45) is 5.41 Å². The molecule has 2 atom stereocenters. The van der Waals surface area contributed by atoms with Gasteiger partial charge in [-0.05, 0) is 12.3 Å². The van der Waals surface area contributed by atoms with Gasteiger partial charge in [-0.25, -0.2) is 0 Å². The summed E-state index contributed by atoms with van der Waals surface area (Å²) in [5.41, 5.74) is 0.285. The Morgan fingerprint density at radius 2 is 1.92 bits per heavy atom. The van der Waals surface area contributed by atoms with Crippen LogP contribution in [0.1, 0.15) is 34.6 Å². The second-order valence-electron chi connectivity index (χ2n) is 4.47. The molecule has 0 aliphatic carbocycles. The van der Waals surface area contributed by atoms with Gasteiger partial charge in [0.15, 0.2) is 0 Å². The standard InChI is InChI=1S/C10H23NOS/c1-6-13(12)8-7-11-9(2)10(3,4)5/h9,11H,6-8H2,1-5H3. The molecule has 0 fully saturated rings. The number of nitrogens with one attached hydrogen (secondary N) is 1. The summed E-state index contributed by atoms with van der Waals surface area (Å²) in [6.45, 7) is 11.6. The van der Waals surface area contributed by atoms with Crippen molar-refractivity contribution in [1.29, 1.82) is 0 Å². The minimum atomic E-state index is -0.633. The van der Waals surface area contributed by atoms with E-state index < -0.39 is 10.8 Å². The highest BCUT2D eigenvalue weighted by Gasteiger charge is 2.18. The first-order valence-corrected chi connectivity index (χ1v) is 6.45. The average molecular weight is 205 g/mol. The van der Waals surface area contributed by atoms with Crippen molar-refractivity contribution in [2.45, 2.75) is 40.7 Å². The van der Waals surface area contributed by atoms with Crippen molar-refractivity contribution in [2.75, 3.05) is 18.1 Å². The van der Waals surface area contributed by atoms with E-state index in [1.54, 1.807) is 0 Å². The highest BCUT2D eigenvalue weighted by atomic mass is 32.2. The van der Waals surface area contributed by atoms with Crippen molar-refractivity contribution < 1.29 is 4.21 Å². The van der Waals surface area contributed by atoms with Crippen LogP contribution in [0.15, 0.2) is 0 Å². The van der Waals surface area contributed by atoms with E-state index in [9.17, 15) is 4.21 Å². The summed E-state index contributed by atoms with van der Waals surface area (Å²) in [6, 6.07) is 0.473. The normalized spacial score (nSPS) is 17.0. The summed E-state index contributed by atoms with van der Waals surface area (Å²) in [4.78, 5) is 0. The van der Waals surface area contributed by atoms with E-state index >= 15 is 0 Å². The van der Waals surface area contributed by atoms with Gasteiger partial charge in [0.25, 0.3) is 0 Å². The highest BCUT2D eigenvalue weighted by molar-refractivity contribution is 7.84. The molecule has 0 amide bonds. The lowest BCUT2D eigenvalue weighted by molar-refractivity contribution is 0.291. The molecule has 0 radical (unpaired) electrons. The monoisotopic (exact) mass is 205 g/mol. The molecule has 1 N–H and O–H groups in total. The molecule has 0 heterocycles.